The maximum absolute atomic E-state index is 12.2. The third-order valence-corrected chi connectivity index (χ3v) is 3.71. The highest BCUT2D eigenvalue weighted by molar-refractivity contribution is 7.92. The Kier molecular flexibility index (Phi) is 3.73. The van der Waals surface area contributed by atoms with Crippen LogP contribution in [0, 0.1) is 17.0 Å². The summed E-state index contributed by atoms with van der Waals surface area (Å²) in [6.07, 6.45) is 0. The van der Waals surface area contributed by atoms with Crippen molar-refractivity contribution in [2.45, 2.75) is 11.8 Å². The Bertz CT molecular complexity index is 786. The number of sulfonamides is 1. The molecule has 0 fully saturated rings. The van der Waals surface area contributed by atoms with E-state index in [0.717, 1.165) is 12.1 Å². The standard InChI is InChI=1S/C9H10N6O5S/c1-5-11-9(20-13-5)14-21(18,19)8-4-6(12-10)2-3-7(8)15(16)17/h2-4,12H,10H2,1H3,(H,11,13,14). The minimum Gasteiger partial charge on any atom is -0.324 e. The van der Waals surface area contributed by atoms with E-state index in [2.05, 4.69) is 20.1 Å². The minimum atomic E-state index is -4.29. The second-order valence-corrected chi connectivity index (χ2v) is 5.49. The van der Waals surface area contributed by atoms with Gasteiger partial charge in [0.15, 0.2) is 10.7 Å². The SMILES string of the molecule is Cc1noc(NS(=O)(=O)c2cc(NN)ccc2[N+](=O)[O-])n1. The van der Waals surface area contributed by atoms with Gasteiger partial charge in [-0.05, 0) is 19.1 Å². The summed E-state index contributed by atoms with van der Waals surface area (Å²) in [5.74, 6) is 5.38. The third kappa shape index (κ3) is 3.06. The molecule has 0 spiro atoms. The first-order valence-electron chi connectivity index (χ1n) is 5.41. The number of nitrogen functional groups attached to an aromatic ring is 1. The van der Waals surface area contributed by atoms with E-state index in [1.165, 1.54) is 13.0 Å². The number of hydrazine groups is 1. The molecular formula is C9H10N6O5S. The summed E-state index contributed by atoms with van der Waals surface area (Å²) in [6, 6.07) is 2.91. The smallest absolute Gasteiger partial charge is 0.324 e. The van der Waals surface area contributed by atoms with E-state index in [9.17, 15) is 18.5 Å². The summed E-state index contributed by atoms with van der Waals surface area (Å²) in [6.45, 7) is 1.49. The molecule has 1 heterocycles. The topological polar surface area (TPSA) is 166 Å². The molecule has 0 saturated carbocycles. The Labute approximate surface area is 118 Å². The molecule has 21 heavy (non-hydrogen) atoms. The van der Waals surface area contributed by atoms with Gasteiger partial charge < -0.3 is 9.95 Å². The van der Waals surface area contributed by atoms with E-state index < -0.39 is 31.5 Å². The van der Waals surface area contributed by atoms with Gasteiger partial charge in [0.25, 0.3) is 15.7 Å². The lowest BCUT2D eigenvalue weighted by atomic mass is 10.3. The average molecular weight is 314 g/mol. The molecule has 0 aliphatic heterocycles. The monoisotopic (exact) mass is 314 g/mol. The molecule has 11 nitrogen and oxygen atoms in total. The normalized spacial score (nSPS) is 11.1. The van der Waals surface area contributed by atoms with Crippen molar-refractivity contribution in [3.8, 4) is 0 Å². The van der Waals surface area contributed by atoms with Gasteiger partial charge in [-0.1, -0.05) is 5.16 Å². The first kappa shape index (κ1) is 14.7. The number of rotatable bonds is 5. The van der Waals surface area contributed by atoms with E-state index in [-0.39, 0.29) is 11.5 Å². The van der Waals surface area contributed by atoms with Crippen LogP contribution < -0.4 is 16.0 Å². The molecule has 1 aromatic carbocycles. The van der Waals surface area contributed by atoms with Crippen LogP contribution in [0.2, 0.25) is 0 Å². The number of benzene rings is 1. The second-order valence-electron chi connectivity index (χ2n) is 3.84. The lowest BCUT2D eigenvalue weighted by molar-refractivity contribution is -0.387. The highest BCUT2D eigenvalue weighted by Crippen LogP contribution is 2.28. The quantitative estimate of drug-likeness (QED) is 0.401. The lowest BCUT2D eigenvalue weighted by Crippen LogP contribution is -2.16. The molecule has 0 radical (unpaired) electrons. The molecule has 0 aliphatic carbocycles. The number of anilines is 2. The summed E-state index contributed by atoms with van der Waals surface area (Å²) < 4.78 is 31.0. The van der Waals surface area contributed by atoms with Crippen molar-refractivity contribution in [1.82, 2.24) is 10.1 Å². The largest absolute Gasteiger partial charge is 0.335 e. The zero-order valence-electron chi connectivity index (χ0n) is 10.6. The van der Waals surface area contributed by atoms with Crippen molar-refractivity contribution in [2.75, 3.05) is 10.1 Å². The molecule has 1 aromatic heterocycles. The number of aromatic nitrogens is 2. The number of hydrogen-bond donors (Lipinski definition) is 3. The van der Waals surface area contributed by atoms with Gasteiger partial charge in [-0.3, -0.25) is 16.0 Å². The number of aryl methyl sites for hydroxylation is 1. The predicted molar refractivity (Wildman–Crippen MR) is 70.8 cm³/mol. The van der Waals surface area contributed by atoms with Crippen LogP contribution in [0.5, 0.6) is 0 Å². The van der Waals surface area contributed by atoms with Crippen LogP contribution in [-0.4, -0.2) is 23.5 Å². The van der Waals surface area contributed by atoms with Crippen molar-refractivity contribution in [2.24, 2.45) is 5.84 Å². The Morgan fingerprint density at radius 2 is 2.14 bits per heavy atom. The van der Waals surface area contributed by atoms with E-state index in [1.54, 1.807) is 0 Å². The summed E-state index contributed by atoms with van der Waals surface area (Å²) in [5.41, 5.74) is 1.78. The fraction of sp³-hybridized carbons (Fsp3) is 0.111. The van der Waals surface area contributed by atoms with Gasteiger partial charge in [-0.15, -0.1) is 0 Å². The van der Waals surface area contributed by atoms with Gasteiger partial charge in [0.1, 0.15) is 0 Å². The Morgan fingerprint density at radius 1 is 1.43 bits per heavy atom. The number of nitrogens with two attached hydrogens (primary N) is 1. The molecule has 4 N–H and O–H groups in total. The molecule has 0 unspecified atom stereocenters. The van der Waals surface area contributed by atoms with Crippen LogP contribution in [0.15, 0.2) is 27.6 Å². The van der Waals surface area contributed by atoms with Crippen LogP contribution >= 0.6 is 0 Å². The molecule has 12 heteroatoms. The van der Waals surface area contributed by atoms with Crippen LogP contribution in [0.25, 0.3) is 0 Å². The van der Waals surface area contributed by atoms with Crippen molar-refractivity contribution < 1.29 is 17.9 Å². The molecule has 112 valence electrons. The number of nitrogens with one attached hydrogen (secondary N) is 2. The summed E-state index contributed by atoms with van der Waals surface area (Å²) in [5, 5.41) is 14.3. The van der Waals surface area contributed by atoms with Gasteiger partial charge in [0.05, 0.1) is 10.6 Å². The molecule has 0 atom stereocenters. The van der Waals surface area contributed by atoms with Crippen LogP contribution in [0.4, 0.5) is 17.4 Å². The summed E-state index contributed by atoms with van der Waals surface area (Å²) in [4.78, 5) is 13.2. The maximum Gasteiger partial charge on any atom is 0.335 e. The highest BCUT2D eigenvalue weighted by Gasteiger charge is 2.27. The van der Waals surface area contributed by atoms with Gasteiger partial charge in [-0.25, -0.2) is 13.1 Å². The van der Waals surface area contributed by atoms with Gasteiger partial charge in [-0.2, -0.15) is 4.98 Å². The highest BCUT2D eigenvalue weighted by atomic mass is 32.2. The van der Waals surface area contributed by atoms with Crippen molar-refractivity contribution in [1.29, 1.82) is 0 Å². The van der Waals surface area contributed by atoms with E-state index in [0.29, 0.717) is 0 Å². The lowest BCUT2D eigenvalue weighted by Gasteiger charge is -2.07. The third-order valence-electron chi connectivity index (χ3n) is 2.36. The number of nitro groups is 1. The fourth-order valence-corrected chi connectivity index (χ4v) is 2.60. The molecular weight excluding hydrogens is 304 g/mol. The number of nitrogens with zero attached hydrogens (tertiary/aromatic N) is 3. The van der Waals surface area contributed by atoms with Crippen LogP contribution in [0.3, 0.4) is 0 Å². The summed E-state index contributed by atoms with van der Waals surface area (Å²) >= 11 is 0. The second kappa shape index (κ2) is 5.34. The first-order valence-corrected chi connectivity index (χ1v) is 6.90. The molecule has 0 amide bonds. The number of nitro benzene ring substituents is 1. The fourth-order valence-electron chi connectivity index (χ4n) is 1.48. The molecule has 2 rings (SSSR count). The van der Waals surface area contributed by atoms with Gasteiger partial charge in [0.2, 0.25) is 0 Å². The van der Waals surface area contributed by atoms with Crippen molar-refractivity contribution in [3.63, 3.8) is 0 Å². The minimum absolute atomic E-state index is 0.183. The Morgan fingerprint density at radius 3 is 2.67 bits per heavy atom. The maximum atomic E-state index is 12.2. The average Bonchev–Trinajstić information content (AvgIpc) is 2.82. The van der Waals surface area contributed by atoms with E-state index >= 15 is 0 Å². The Hall–Kier alpha value is -2.73. The van der Waals surface area contributed by atoms with Gasteiger partial charge >= 0.3 is 6.01 Å². The zero-order valence-corrected chi connectivity index (χ0v) is 11.4. The predicted octanol–water partition coefficient (Wildman–Crippen LogP) is 0.373. The molecule has 2 aromatic rings. The van der Waals surface area contributed by atoms with E-state index in [1.807, 2.05) is 4.72 Å². The van der Waals surface area contributed by atoms with E-state index in [4.69, 9.17) is 5.84 Å². The summed E-state index contributed by atoms with van der Waals surface area (Å²) in [7, 11) is -4.29. The van der Waals surface area contributed by atoms with Crippen LogP contribution in [0.1, 0.15) is 5.82 Å². The molecule has 0 bridgehead atoms. The molecule has 0 saturated heterocycles. The Balaban J connectivity index is 2.49. The molecule has 0 aliphatic rings. The number of hydrogen-bond acceptors (Lipinski definition) is 9. The van der Waals surface area contributed by atoms with Crippen LogP contribution in [-0.2, 0) is 10.0 Å². The van der Waals surface area contributed by atoms with Crippen molar-refractivity contribution in [3.05, 3.63) is 34.1 Å². The zero-order chi connectivity index (χ0) is 15.6. The first-order chi connectivity index (χ1) is 9.83. The van der Waals surface area contributed by atoms with Gasteiger partial charge in [0, 0.05) is 6.07 Å². The van der Waals surface area contributed by atoms with Crippen molar-refractivity contribution >= 4 is 27.4 Å².